The van der Waals surface area contributed by atoms with E-state index in [9.17, 15) is 4.79 Å². The molecule has 0 unspecified atom stereocenters. The SMILES string of the molecule is CN1CCN(c2ccc(NCC(=O)NCc3cccnc3)cc2)CC1. The fraction of sp³-hybridized carbons (Fsp3) is 0.368. The number of likely N-dealkylation sites (N-methyl/N-ethyl adjacent to an activating group) is 1. The lowest BCUT2D eigenvalue weighted by atomic mass is 10.2. The van der Waals surface area contributed by atoms with Crippen LogP contribution in [0.4, 0.5) is 11.4 Å². The van der Waals surface area contributed by atoms with Crippen molar-refractivity contribution < 1.29 is 4.79 Å². The third-order valence-corrected chi connectivity index (χ3v) is 4.40. The normalized spacial score (nSPS) is 15.0. The molecular formula is C19H25N5O. The molecule has 1 aliphatic heterocycles. The van der Waals surface area contributed by atoms with Gasteiger partial charge in [0, 0.05) is 56.5 Å². The van der Waals surface area contributed by atoms with E-state index in [2.05, 4.69) is 44.6 Å². The highest BCUT2D eigenvalue weighted by Crippen LogP contribution is 2.19. The van der Waals surface area contributed by atoms with Crippen LogP contribution in [-0.4, -0.2) is 55.6 Å². The summed E-state index contributed by atoms with van der Waals surface area (Å²) in [5.74, 6) is -0.0352. The minimum Gasteiger partial charge on any atom is -0.376 e. The van der Waals surface area contributed by atoms with Crippen molar-refractivity contribution in [3.05, 3.63) is 54.4 Å². The first kappa shape index (κ1) is 17.2. The third-order valence-electron chi connectivity index (χ3n) is 4.40. The van der Waals surface area contributed by atoms with Crippen LogP contribution in [0, 0.1) is 0 Å². The summed E-state index contributed by atoms with van der Waals surface area (Å²) in [6.07, 6.45) is 3.48. The molecule has 1 aliphatic rings. The van der Waals surface area contributed by atoms with Crippen molar-refractivity contribution in [2.45, 2.75) is 6.54 Å². The number of rotatable bonds is 6. The third kappa shape index (κ3) is 5.19. The Labute approximate surface area is 148 Å². The van der Waals surface area contributed by atoms with Crippen molar-refractivity contribution >= 4 is 17.3 Å². The average molecular weight is 339 g/mol. The van der Waals surface area contributed by atoms with Gasteiger partial charge in [0.15, 0.2) is 0 Å². The van der Waals surface area contributed by atoms with Crippen LogP contribution < -0.4 is 15.5 Å². The molecule has 2 aromatic rings. The second kappa shape index (κ2) is 8.48. The number of amides is 1. The lowest BCUT2D eigenvalue weighted by Crippen LogP contribution is -2.44. The second-order valence-corrected chi connectivity index (χ2v) is 6.33. The number of hydrogen-bond donors (Lipinski definition) is 2. The predicted molar refractivity (Wildman–Crippen MR) is 101 cm³/mol. The molecule has 3 rings (SSSR count). The van der Waals surface area contributed by atoms with Gasteiger partial charge in [0.2, 0.25) is 5.91 Å². The highest BCUT2D eigenvalue weighted by atomic mass is 16.1. The van der Waals surface area contributed by atoms with Crippen molar-refractivity contribution in [2.24, 2.45) is 0 Å². The quantitative estimate of drug-likeness (QED) is 0.836. The molecule has 1 fully saturated rings. The van der Waals surface area contributed by atoms with Gasteiger partial charge in [0.05, 0.1) is 6.54 Å². The molecule has 1 aromatic heterocycles. The number of nitrogens with zero attached hydrogens (tertiary/aromatic N) is 3. The minimum atomic E-state index is -0.0352. The zero-order chi connectivity index (χ0) is 17.5. The van der Waals surface area contributed by atoms with E-state index in [0.717, 1.165) is 37.4 Å². The number of hydrogen-bond acceptors (Lipinski definition) is 5. The Kier molecular flexibility index (Phi) is 5.85. The summed E-state index contributed by atoms with van der Waals surface area (Å²) < 4.78 is 0. The Hall–Kier alpha value is -2.60. The topological polar surface area (TPSA) is 60.5 Å². The molecule has 1 amide bonds. The van der Waals surface area contributed by atoms with Crippen LogP contribution in [0.3, 0.4) is 0 Å². The summed E-state index contributed by atoms with van der Waals surface area (Å²) in [5, 5.41) is 6.05. The lowest BCUT2D eigenvalue weighted by Gasteiger charge is -2.34. The molecule has 0 saturated carbocycles. The van der Waals surface area contributed by atoms with Gasteiger partial charge in [-0.05, 0) is 42.9 Å². The standard InChI is InChI=1S/C19H25N5O/c1-23-9-11-24(12-10-23)18-6-4-17(5-7-18)21-15-19(25)22-14-16-3-2-8-20-13-16/h2-8,13,21H,9-12,14-15H2,1H3,(H,22,25). The summed E-state index contributed by atoms with van der Waals surface area (Å²) in [5.41, 5.74) is 3.18. The Morgan fingerprint density at radius 1 is 1.12 bits per heavy atom. The predicted octanol–water partition coefficient (Wildman–Crippen LogP) is 1.56. The molecule has 1 saturated heterocycles. The van der Waals surface area contributed by atoms with E-state index in [4.69, 9.17) is 0 Å². The van der Waals surface area contributed by atoms with Gasteiger partial charge < -0.3 is 20.4 Å². The maximum absolute atomic E-state index is 11.9. The fourth-order valence-electron chi connectivity index (χ4n) is 2.80. The molecular weight excluding hydrogens is 314 g/mol. The maximum Gasteiger partial charge on any atom is 0.239 e. The van der Waals surface area contributed by atoms with E-state index >= 15 is 0 Å². The molecule has 0 spiro atoms. The van der Waals surface area contributed by atoms with Crippen LogP contribution >= 0.6 is 0 Å². The van der Waals surface area contributed by atoms with Crippen LogP contribution in [0.5, 0.6) is 0 Å². The zero-order valence-electron chi connectivity index (χ0n) is 14.6. The van der Waals surface area contributed by atoms with Crippen molar-refractivity contribution in [3.8, 4) is 0 Å². The van der Waals surface area contributed by atoms with Crippen LogP contribution in [0.1, 0.15) is 5.56 Å². The maximum atomic E-state index is 11.9. The highest BCUT2D eigenvalue weighted by Gasteiger charge is 2.13. The van der Waals surface area contributed by atoms with Gasteiger partial charge in [0.1, 0.15) is 0 Å². The van der Waals surface area contributed by atoms with Crippen molar-refractivity contribution in [1.82, 2.24) is 15.2 Å². The number of carbonyl (C=O) groups excluding carboxylic acids is 1. The molecule has 132 valence electrons. The molecule has 0 bridgehead atoms. The van der Waals surface area contributed by atoms with Crippen molar-refractivity contribution in [2.75, 3.05) is 50.0 Å². The first-order valence-electron chi connectivity index (χ1n) is 8.64. The molecule has 25 heavy (non-hydrogen) atoms. The summed E-state index contributed by atoms with van der Waals surface area (Å²) in [4.78, 5) is 20.7. The first-order valence-corrected chi connectivity index (χ1v) is 8.64. The number of carbonyl (C=O) groups is 1. The van der Waals surface area contributed by atoms with E-state index in [1.807, 2.05) is 24.3 Å². The summed E-state index contributed by atoms with van der Waals surface area (Å²) >= 11 is 0. The molecule has 0 radical (unpaired) electrons. The van der Waals surface area contributed by atoms with E-state index < -0.39 is 0 Å². The van der Waals surface area contributed by atoms with Gasteiger partial charge in [-0.3, -0.25) is 9.78 Å². The number of benzene rings is 1. The van der Waals surface area contributed by atoms with E-state index in [1.165, 1.54) is 5.69 Å². The van der Waals surface area contributed by atoms with Gasteiger partial charge in [-0.15, -0.1) is 0 Å². The van der Waals surface area contributed by atoms with Gasteiger partial charge in [-0.2, -0.15) is 0 Å². The number of piperazine rings is 1. The fourth-order valence-corrected chi connectivity index (χ4v) is 2.80. The highest BCUT2D eigenvalue weighted by molar-refractivity contribution is 5.80. The molecule has 2 N–H and O–H groups in total. The van der Waals surface area contributed by atoms with Crippen LogP contribution in [0.2, 0.25) is 0 Å². The van der Waals surface area contributed by atoms with E-state index in [1.54, 1.807) is 12.4 Å². The van der Waals surface area contributed by atoms with Gasteiger partial charge >= 0.3 is 0 Å². The van der Waals surface area contributed by atoms with Crippen molar-refractivity contribution in [1.29, 1.82) is 0 Å². The largest absolute Gasteiger partial charge is 0.376 e. The molecule has 6 nitrogen and oxygen atoms in total. The van der Waals surface area contributed by atoms with Gasteiger partial charge in [0.25, 0.3) is 0 Å². The molecule has 0 aliphatic carbocycles. The van der Waals surface area contributed by atoms with Crippen molar-refractivity contribution in [3.63, 3.8) is 0 Å². The lowest BCUT2D eigenvalue weighted by molar-refractivity contribution is -0.119. The summed E-state index contributed by atoms with van der Waals surface area (Å²) in [7, 11) is 2.16. The van der Waals surface area contributed by atoms with Crippen LogP contribution in [0.25, 0.3) is 0 Å². The number of pyridine rings is 1. The number of anilines is 2. The molecule has 0 atom stereocenters. The number of nitrogens with one attached hydrogen (secondary N) is 2. The van der Waals surface area contributed by atoms with Gasteiger partial charge in [-0.1, -0.05) is 6.07 Å². The number of aromatic nitrogens is 1. The zero-order valence-corrected chi connectivity index (χ0v) is 14.6. The Bertz CT molecular complexity index is 666. The second-order valence-electron chi connectivity index (χ2n) is 6.33. The minimum absolute atomic E-state index is 0.0352. The van der Waals surface area contributed by atoms with Crippen LogP contribution in [-0.2, 0) is 11.3 Å². The molecule has 1 aromatic carbocycles. The first-order chi connectivity index (χ1) is 12.2. The Morgan fingerprint density at radius 3 is 2.56 bits per heavy atom. The smallest absolute Gasteiger partial charge is 0.239 e. The average Bonchev–Trinajstić information content (AvgIpc) is 2.67. The Balaban J connectivity index is 1.43. The van der Waals surface area contributed by atoms with Gasteiger partial charge in [-0.25, -0.2) is 0 Å². The summed E-state index contributed by atoms with van der Waals surface area (Å²) in [6.45, 7) is 5.05. The summed E-state index contributed by atoms with van der Waals surface area (Å²) in [6, 6.07) is 12.1. The monoisotopic (exact) mass is 339 g/mol. The van der Waals surface area contributed by atoms with E-state index in [-0.39, 0.29) is 12.5 Å². The Morgan fingerprint density at radius 2 is 1.88 bits per heavy atom. The molecule has 6 heteroatoms. The van der Waals surface area contributed by atoms with Crippen LogP contribution in [0.15, 0.2) is 48.8 Å². The van der Waals surface area contributed by atoms with E-state index in [0.29, 0.717) is 6.54 Å². The molecule has 2 heterocycles.